The van der Waals surface area contributed by atoms with Crippen molar-refractivity contribution in [3.63, 3.8) is 0 Å². The number of amides is 2. The van der Waals surface area contributed by atoms with Gasteiger partial charge in [-0.25, -0.2) is 0 Å². The van der Waals surface area contributed by atoms with Gasteiger partial charge in [0, 0.05) is 12.5 Å². The number of nitrogens with two attached hydrogens (primary N) is 1. The lowest BCUT2D eigenvalue weighted by atomic mass is 9.95. The van der Waals surface area contributed by atoms with Crippen molar-refractivity contribution in [2.45, 2.75) is 32.2 Å². The van der Waals surface area contributed by atoms with Crippen molar-refractivity contribution < 1.29 is 9.59 Å². The van der Waals surface area contributed by atoms with E-state index in [2.05, 4.69) is 5.32 Å². The highest BCUT2D eigenvalue weighted by atomic mass is 16.2. The summed E-state index contributed by atoms with van der Waals surface area (Å²) in [5.41, 5.74) is 5.18. The van der Waals surface area contributed by atoms with E-state index in [1.54, 1.807) is 0 Å². The highest BCUT2D eigenvalue weighted by Crippen LogP contribution is 2.17. The van der Waals surface area contributed by atoms with Gasteiger partial charge >= 0.3 is 0 Å². The van der Waals surface area contributed by atoms with Crippen molar-refractivity contribution in [2.24, 2.45) is 11.7 Å². The minimum atomic E-state index is -0.315. The number of primary amides is 1. The summed E-state index contributed by atoms with van der Waals surface area (Å²) in [7, 11) is 0. The number of rotatable bonds is 3. The first-order valence-corrected chi connectivity index (χ1v) is 4.23. The Bertz CT molecular complexity index is 203. The van der Waals surface area contributed by atoms with E-state index < -0.39 is 0 Å². The molecule has 0 spiro atoms. The van der Waals surface area contributed by atoms with Crippen LogP contribution in [0.1, 0.15) is 26.2 Å². The molecule has 1 heterocycles. The third-order valence-corrected chi connectivity index (χ3v) is 2.32. The Morgan fingerprint density at radius 3 is 2.83 bits per heavy atom. The van der Waals surface area contributed by atoms with Crippen LogP contribution in [0.2, 0.25) is 0 Å². The third kappa shape index (κ3) is 1.75. The van der Waals surface area contributed by atoms with Gasteiger partial charge in [0.1, 0.15) is 0 Å². The van der Waals surface area contributed by atoms with E-state index in [0.717, 1.165) is 6.42 Å². The van der Waals surface area contributed by atoms with Gasteiger partial charge in [0.05, 0.1) is 5.92 Å². The van der Waals surface area contributed by atoms with Gasteiger partial charge in [-0.15, -0.1) is 0 Å². The highest BCUT2D eigenvalue weighted by molar-refractivity contribution is 5.82. The maximum absolute atomic E-state index is 10.9. The second-order valence-corrected chi connectivity index (χ2v) is 3.13. The standard InChI is InChI=1S/C8H14N2O2/c1-2-5(8(9)12)6-3-4-7(11)10-6/h5-6H,2-4H2,1H3,(H2,9,12)(H,10,11). The van der Waals surface area contributed by atoms with Crippen LogP contribution in [0.25, 0.3) is 0 Å². The summed E-state index contributed by atoms with van der Waals surface area (Å²) in [6.07, 6.45) is 1.95. The molecule has 1 aliphatic heterocycles. The Hall–Kier alpha value is -1.06. The molecule has 0 radical (unpaired) electrons. The zero-order chi connectivity index (χ0) is 9.14. The van der Waals surface area contributed by atoms with E-state index in [9.17, 15) is 9.59 Å². The van der Waals surface area contributed by atoms with Crippen molar-refractivity contribution in [2.75, 3.05) is 0 Å². The largest absolute Gasteiger partial charge is 0.369 e. The van der Waals surface area contributed by atoms with Crippen LogP contribution in [0.4, 0.5) is 0 Å². The molecule has 0 aromatic heterocycles. The molecule has 0 aliphatic carbocycles. The van der Waals surface area contributed by atoms with Crippen LogP contribution >= 0.6 is 0 Å². The second-order valence-electron chi connectivity index (χ2n) is 3.13. The molecule has 0 bridgehead atoms. The highest BCUT2D eigenvalue weighted by Gasteiger charge is 2.30. The van der Waals surface area contributed by atoms with Gasteiger partial charge in [0.2, 0.25) is 11.8 Å². The van der Waals surface area contributed by atoms with Crippen LogP contribution in [-0.4, -0.2) is 17.9 Å². The van der Waals surface area contributed by atoms with Crippen molar-refractivity contribution in [1.29, 1.82) is 0 Å². The zero-order valence-corrected chi connectivity index (χ0v) is 7.17. The second kappa shape index (κ2) is 3.56. The van der Waals surface area contributed by atoms with Crippen LogP contribution in [0.3, 0.4) is 0 Å². The van der Waals surface area contributed by atoms with Crippen molar-refractivity contribution in [3.05, 3.63) is 0 Å². The topological polar surface area (TPSA) is 72.2 Å². The molecule has 4 nitrogen and oxygen atoms in total. The number of nitrogens with one attached hydrogen (secondary N) is 1. The van der Waals surface area contributed by atoms with Crippen LogP contribution in [0, 0.1) is 5.92 Å². The normalized spacial score (nSPS) is 25.1. The average molecular weight is 170 g/mol. The first-order valence-electron chi connectivity index (χ1n) is 4.23. The summed E-state index contributed by atoms with van der Waals surface area (Å²) in [5.74, 6) is -0.485. The molecular formula is C8H14N2O2. The fourth-order valence-electron chi connectivity index (χ4n) is 1.62. The molecule has 2 unspecified atom stereocenters. The first-order chi connectivity index (χ1) is 5.65. The van der Waals surface area contributed by atoms with E-state index in [4.69, 9.17) is 5.73 Å². The molecule has 1 aliphatic rings. The van der Waals surface area contributed by atoms with E-state index in [-0.39, 0.29) is 23.8 Å². The zero-order valence-electron chi connectivity index (χ0n) is 7.17. The van der Waals surface area contributed by atoms with Gasteiger partial charge in [-0.05, 0) is 12.8 Å². The average Bonchev–Trinajstić information content (AvgIpc) is 2.37. The Balaban J connectivity index is 2.55. The maximum atomic E-state index is 10.9. The molecule has 68 valence electrons. The summed E-state index contributed by atoms with van der Waals surface area (Å²) in [5, 5.41) is 2.75. The molecule has 0 aromatic carbocycles. The number of carbonyl (C=O) groups is 2. The number of hydrogen-bond acceptors (Lipinski definition) is 2. The smallest absolute Gasteiger partial charge is 0.222 e. The Morgan fingerprint density at radius 1 is 1.83 bits per heavy atom. The molecule has 0 saturated carbocycles. The van der Waals surface area contributed by atoms with E-state index >= 15 is 0 Å². The summed E-state index contributed by atoms with van der Waals surface area (Å²) < 4.78 is 0. The third-order valence-electron chi connectivity index (χ3n) is 2.32. The minimum Gasteiger partial charge on any atom is -0.369 e. The number of carbonyl (C=O) groups excluding carboxylic acids is 2. The van der Waals surface area contributed by atoms with E-state index in [0.29, 0.717) is 12.8 Å². The summed E-state index contributed by atoms with van der Waals surface area (Å²) >= 11 is 0. The molecule has 12 heavy (non-hydrogen) atoms. The predicted octanol–water partition coefficient (Wildman–Crippen LogP) is -0.223. The predicted molar refractivity (Wildman–Crippen MR) is 44.1 cm³/mol. The van der Waals surface area contributed by atoms with Gasteiger partial charge in [0.15, 0.2) is 0 Å². The first kappa shape index (κ1) is 9.03. The molecule has 2 amide bonds. The summed E-state index contributed by atoms with van der Waals surface area (Å²) in [6.45, 7) is 1.90. The lowest BCUT2D eigenvalue weighted by molar-refractivity contribution is -0.123. The Kier molecular flexibility index (Phi) is 2.68. The maximum Gasteiger partial charge on any atom is 0.222 e. The molecule has 0 aromatic rings. The lowest BCUT2D eigenvalue weighted by Gasteiger charge is -2.17. The molecule has 1 rings (SSSR count). The molecular weight excluding hydrogens is 156 g/mol. The Morgan fingerprint density at radius 2 is 2.50 bits per heavy atom. The van der Waals surface area contributed by atoms with E-state index in [1.807, 2.05) is 6.92 Å². The van der Waals surface area contributed by atoms with Gasteiger partial charge in [0.25, 0.3) is 0 Å². The molecule has 1 saturated heterocycles. The van der Waals surface area contributed by atoms with Crippen LogP contribution in [0.15, 0.2) is 0 Å². The fourth-order valence-corrected chi connectivity index (χ4v) is 1.62. The molecule has 3 N–H and O–H groups in total. The number of hydrogen-bond donors (Lipinski definition) is 2. The van der Waals surface area contributed by atoms with Crippen LogP contribution in [-0.2, 0) is 9.59 Å². The fraction of sp³-hybridized carbons (Fsp3) is 0.750. The summed E-state index contributed by atoms with van der Waals surface area (Å²) in [6, 6.07) is -0.0278. The Labute approximate surface area is 71.5 Å². The van der Waals surface area contributed by atoms with Gasteiger partial charge in [-0.2, -0.15) is 0 Å². The van der Waals surface area contributed by atoms with Gasteiger partial charge in [-0.1, -0.05) is 6.92 Å². The van der Waals surface area contributed by atoms with Gasteiger partial charge < -0.3 is 11.1 Å². The van der Waals surface area contributed by atoms with Crippen molar-refractivity contribution >= 4 is 11.8 Å². The molecule has 1 fully saturated rings. The monoisotopic (exact) mass is 170 g/mol. The SMILES string of the molecule is CCC(C(N)=O)C1CCC(=O)N1. The minimum absolute atomic E-state index is 0.0275. The van der Waals surface area contributed by atoms with Gasteiger partial charge in [-0.3, -0.25) is 9.59 Å². The molecule has 4 heteroatoms. The lowest BCUT2D eigenvalue weighted by Crippen LogP contribution is -2.39. The van der Waals surface area contributed by atoms with Crippen LogP contribution in [0.5, 0.6) is 0 Å². The van der Waals surface area contributed by atoms with Crippen molar-refractivity contribution in [1.82, 2.24) is 5.32 Å². The van der Waals surface area contributed by atoms with Crippen LogP contribution < -0.4 is 11.1 Å². The summed E-state index contributed by atoms with van der Waals surface area (Å²) in [4.78, 5) is 21.7. The van der Waals surface area contributed by atoms with E-state index in [1.165, 1.54) is 0 Å². The quantitative estimate of drug-likeness (QED) is 0.614. The molecule has 2 atom stereocenters. The van der Waals surface area contributed by atoms with Crippen molar-refractivity contribution in [3.8, 4) is 0 Å².